The number of hydrogen-bond donors (Lipinski definition) is 0. The van der Waals surface area contributed by atoms with Gasteiger partial charge in [0, 0.05) is 0 Å². The van der Waals surface area contributed by atoms with Gasteiger partial charge in [-0.25, -0.2) is 0 Å². The van der Waals surface area contributed by atoms with Gasteiger partial charge < -0.3 is 0 Å². The van der Waals surface area contributed by atoms with Gasteiger partial charge in [-0.2, -0.15) is 0 Å². The smallest absolute Gasteiger partial charge is 0.0136 e. The van der Waals surface area contributed by atoms with Gasteiger partial charge in [0.25, 0.3) is 0 Å². The van der Waals surface area contributed by atoms with Gasteiger partial charge in [-0.15, -0.1) is 0 Å². The van der Waals surface area contributed by atoms with Gasteiger partial charge in [-0.05, 0) is 59.6 Å². The van der Waals surface area contributed by atoms with Gasteiger partial charge in [0.1, 0.15) is 0 Å². The molecule has 4 atom stereocenters. The van der Waals surface area contributed by atoms with Gasteiger partial charge in [0.15, 0.2) is 0 Å². The molecule has 2 heteroatoms. The topological polar surface area (TPSA) is 0 Å². The first-order chi connectivity index (χ1) is 8.21. The molecule has 18 heavy (non-hydrogen) atoms. The summed E-state index contributed by atoms with van der Waals surface area (Å²) in [5.74, 6) is 0. The van der Waals surface area contributed by atoms with E-state index in [1.807, 2.05) is 0 Å². The molecule has 0 radical (unpaired) electrons. The van der Waals surface area contributed by atoms with Crippen LogP contribution in [-0.4, -0.2) is 34.0 Å². The van der Waals surface area contributed by atoms with Crippen molar-refractivity contribution >= 4 is 15.8 Å². The van der Waals surface area contributed by atoms with E-state index in [-0.39, 0.29) is 15.8 Å². The van der Waals surface area contributed by atoms with Gasteiger partial charge in [-0.3, -0.25) is 0 Å². The predicted molar refractivity (Wildman–Crippen MR) is 89.1 cm³/mol. The Balaban J connectivity index is 2.15. The van der Waals surface area contributed by atoms with Crippen molar-refractivity contribution in [2.75, 3.05) is 12.3 Å². The standard InChI is InChI=1S/C16H32P2/c1-15(2,3)17-11-7-9-13(17)14-10-8-12-18(14)16(4,5)6/h13-14H,7-12H2,1-6H3/t13-,14-,17+,18?/m1/s1. The van der Waals surface area contributed by atoms with E-state index >= 15 is 0 Å². The minimum Gasteiger partial charge on any atom is -0.0974 e. The Morgan fingerprint density at radius 2 is 1.00 bits per heavy atom. The molecule has 0 nitrogen and oxygen atoms in total. The highest BCUT2D eigenvalue weighted by atomic mass is 31.1. The molecule has 0 spiro atoms. The molecule has 0 amide bonds. The maximum Gasteiger partial charge on any atom is -0.0136 e. The van der Waals surface area contributed by atoms with Crippen LogP contribution in [0, 0.1) is 0 Å². The molecule has 0 aliphatic carbocycles. The first-order valence-corrected chi connectivity index (χ1v) is 10.9. The van der Waals surface area contributed by atoms with Crippen LogP contribution in [0.1, 0.15) is 67.2 Å². The normalized spacial score (nSPS) is 38.3. The summed E-state index contributed by atoms with van der Waals surface area (Å²) in [6.45, 7) is 15.0. The third-order valence-corrected chi connectivity index (χ3v) is 12.9. The fraction of sp³-hybridized carbons (Fsp3) is 1.00. The highest BCUT2D eigenvalue weighted by Crippen LogP contribution is 2.69. The number of rotatable bonds is 1. The van der Waals surface area contributed by atoms with Crippen molar-refractivity contribution in [2.45, 2.75) is 88.9 Å². The highest BCUT2D eigenvalue weighted by Gasteiger charge is 2.46. The van der Waals surface area contributed by atoms with Crippen molar-refractivity contribution in [3.8, 4) is 0 Å². The first kappa shape index (κ1) is 15.3. The molecule has 0 aromatic rings. The van der Waals surface area contributed by atoms with Crippen molar-refractivity contribution < 1.29 is 0 Å². The number of hydrogen-bond acceptors (Lipinski definition) is 0. The van der Waals surface area contributed by atoms with E-state index in [4.69, 9.17) is 0 Å². The minimum absolute atomic E-state index is 0.282. The average Bonchev–Trinajstić information content (AvgIpc) is 2.83. The van der Waals surface area contributed by atoms with Crippen molar-refractivity contribution in [2.24, 2.45) is 0 Å². The minimum atomic E-state index is 0.282. The monoisotopic (exact) mass is 286 g/mol. The molecule has 2 saturated heterocycles. The molecule has 2 aliphatic rings. The summed E-state index contributed by atoms with van der Waals surface area (Å²) in [7, 11) is 0.564. The van der Waals surface area contributed by atoms with Crippen molar-refractivity contribution in [1.29, 1.82) is 0 Å². The van der Waals surface area contributed by atoms with E-state index in [0.29, 0.717) is 10.3 Å². The second-order valence-corrected chi connectivity index (χ2v) is 14.9. The maximum absolute atomic E-state index is 2.51. The average molecular weight is 286 g/mol. The molecule has 1 unspecified atom stereocenters. The molecule has 0 N–H and O–H groups in total. The van der Waals surface area contributed by atoms with E-state index in [1.165, 1.54) is 12.8 Å². The Hall–Kier alpha value is 0.860. The van der Waals surface area contributed by atoms with Crippen molar-refractivity contribution in [3.63, 3.8) is 0 Å². The fourth-order valence-electron chi connectivity index (χ4n) is 4.05. The zero-order valence-electron chi connectivity index (χ0n) is 13.3. The van der Waals surface area contributed by atoms with Crippen LogP contribution in [0.4, 0.5) is 0 Å². The zero-order valence-corrected chi connectivity index (χ0v) is 15.1. The Morgan fingerprint density at radius 3 is 1.28 bits per heavy atom. The molecule has 106 valence electrons. The lowest BCUT2D eigenvalue weighted by Crippen LogP contribution is -2.29. The summed E-state index contributed by atoms with van der Waals surface area (Å²) in [5.41, 5.74) is 2.24. The molecular formula is C16H32P2. The molecule has 2 heterocycles. The molecule has 2 aliphatic heterocycles. The third-order valence-electron chi connectivity index (χ3n) is 4.77. The maximum atomic E-state index is 2.51. The van der Waals surface area contributed by atoms with Gasteiger partial charge in [-0.1, -0.05) is 57.4 Å². The van der Waals surface area contributed by atoms with Crippen molar-refractivity contribution in [1.82, 2.24) is 0 Å². The first-order valence-electron chi connectivity index (χ1n) is 7.75. The van der Waals surface area contributed by atoms with Crippen LogP contribution < -0.4 is 0 Å². The van der Waals surface area contributed by atoms with Crippen LogP contribution in [-0.2, 0) is 0 Å². The predicted octanol–water partition coefficient (Wildman–Crippen LogP) is 5.87. The van der Waals surface area contributed by atoms with E-state index in [1.54, 1.807) is 25.2 Å². The highest BCUT2D eigenvalue weighted by molar-refractivity contribution is 7.64. The SMILES string of the molecule is CC(C)(C)P1CCC[C@@H]1[C@H]1CCC[P@]1C(C)(C)C. The van der Waals surface area contributed by atoms with Crippen LogP contribution in [0.3, 0.4) is 0 Å². The largest absolute Gasteiger partial charge is 0.0974 e. The second kappa shape index (κ2) is 5.33. The van der Waals surface area contributed by atoms with Crippen LogP contribution >= 0.6 is 15.8 Å². The molecular weight excluding hydrogens is 254 g/mol. The summed E-state index contributed by atoms with van der Waals surface area (Å²) < 4.78 is 0. The Bertz CT molecular complexity index is 254. The summed E-state index contributed by atoms with van der Waals surface area (Å²) in [4.78, 5) is 0. The summed E-state index contributed by atoms with van der Waals surface area (Å²) in [6.07, 6.45) is 9.29. The van der Waals surface area contributed by atoms with Gasteiger partial charge in [0.05, 0.1) is 0 Å². The van der Waals surface area contributed by atoms with Gasteiger partial charge >= 0.3 is 0 Å². The molecule has 0 bridgehead atoms. The Morgan fingerprint density at radius 1 is 0.667 bits per heavy atom. The fourth-order valence-corrected chi connectivity index (χ4v) is 12.2. The summed E-state index contributed by atoms with van der Waals surface area (Å²) in [6, 6.07) is 0. The van der Waals surface area contributed by atoms with E-state index in [2.05, 4.69) is 41.5 Å². The lowest BCUT2D eigenvalue weighted by atomic mass is 10.1. The lowest BCUT2D eigenvalue weighted by molar-refractivity contribution is 0.671. The van der Waals surface area contributed by atoms with Crippen LogP contribution in [0.15, 0.2) is 0 Å². The molecule has 2 fully saturated rings. The molecule has 2 rings (SSSR count). The van der Waals surface area contributed by atoms with E-state index in [0.717, 1.165) is 11.3 Å². The van der Waals surface area contributed by atoms with Crippen molar-refractivity contribution in [3.05, 3.63) is 0 Å². The quantitative estimate of drug-likeness (QED) is 0.529. The van der Waals surface area contributed by atoms with Crippen LogP contribution in [0.2, 0.25) is 0 Å². The van der Waals surface area contributed by atoms with E-state index < -0.39 is 0 Å². The van der Waals surface area contributed by atoms with Gasteiger partial charge in [0.2, 0.25) is 0 Å². The Kier molecular flexibility index (Phi) is 4.52. The van der Waals surface area contributed by atoms with E-state index in [9.17, 15) is 0 Å². The lowest BCUT2D eigenvalue weighted by Gasteiger charge is -2.42. The second-order valence-electron chi connectivity index (χ2n) is 8.15. The molecule has 0 aromatic carbocycles. The third kappa shape index (κ3) is 3.12. The molecule has 0 saturated carbocycles. The zero-order chi connectivity index (χ0) is 13.6. The summed E-state index contributed by atoms with van der Waals surface area (Å²) >= 11 is 0. The molecule has 0 aromatic heterocycles. The van der Waals surface area contributed by atoms with Crippen LogP contribution in [0.25, 0.3) is 0 Å². The Labute approximate surface area is 117 Å². The summed E-state index contributed by atoms with van der Waals surface area (Å²) in [5, 5.41) is 1.19. The van der Waals surface area contributed by atoms with Crippen LogP contribution in [0.5, 0.6) is 0 Å².